The Labute approximate surface area is 398 Å². The molecule has 0 amide bonds. The van der Waals surface area contributed by atoms with E-state index in [1.54, 1.807) is 69.6 Å². The van der Waals surface area contributed by atoms with Gasteiger partial charge < -0.3 is 33.9 Å². The largest absolute Gasteiger partial charge is 0.459 e. The SMILES string of the molecule is C.C.C.C.C.C.C.C.C#CC.C#CC.C#CC#CC.C#CC#CC.CCC(C)(C(C)(C)O)C(C)(C)OC(C)=O.CCC(C)(C(C)(C)O)C(C)(C)OC(C)=O.COCCOCCOC. The molecule has 2 atom stereocenters. The molecule has 9 nitrogen and oxygen atoms in total. The van der Waals surface area contributed by atoms with Crippen LogP contribution in [0.1, 0.15) is 197 Å². The predicted molar refractivity (Wildman–Crippen MR) is 283 cm³/mol. The van der Waals surface area contributed by atoms with Gasteiger partial charge in [-0.05, 0) is 120 Å². The number of hydrogen-bond donors (Lipinski definition) is 2. The van der Waals surface area contributed by atoms with E-state index in [1.165, 1.54) is 13.8 Å². The van der Waals surface area contributed by atoms with E-state index >= 15 is 0 Å². The summed E-state index contributed by atoms with van der Waals surface area (Å²) in [5.74, 6) is 18.0. The van der Waals surface area contributed by atoms with Crippen molar-refractivity contribution in [3.05, 3.63) is 0 Å². The second kappa shape index (κ2) is 58.1. The molecule has 0 aliphatic carbocycles. The third kappa shape index (κ3) is 54.2. The van der Waals surface area contributed by atoms with Gasteiger partial charge in [0.05, 0.1) is 37.6 Å². The Kier molecular flexibility index (Phi) is 94.6. The van der Waals surface area contributed by atoms with Crippen molar-refractivity contribution in [3.63, 3.8) is 0 Å². The van der Waals surface area contributed by atoms with Crippen LogP contribution in [0.3, 0.4) is 0 Å². The van der Waals surface area contributed by atoms with E-state index in [2.05, 4.69) is 60.2 Å². The van der Waals surface area contributed by atoms with Crippen molar-refractivity contribution >= 4 is 11.9 Å². The van der Waals surface area contributed by atoms with Crippen molar-refractivity contribution in [2.24, 2.45) is 10.8 Å². The third-order valence-corrected chi connectivity index (χ3v) is 8.83. The maximum absolute atomic E-state index is 11.0. The first-order chi connectivity index (χ1) is 25.0. The standard InChI is InChI=1S/2C12H24O3.C6H14O3.2C5H4.2C3H4.8CH4/c2*1-8-12(7,10(3,4)14)11(5,6)15-9(2)13;1-7-3-5-9-6-4-8-2;2*1-3-5-4-2;2*1-3-2;;;;;;;;/h2*14H,8H2,1-7H3;3-6H2,1-2H3;2*1H,2H3;2*1H,2H3;8*1H4. The first kappa shape index (κ1) is 103. The van der Waals surface area contributed by atoms with E-state index in [-0.39, 0.29) is 71.4 Å². The van der Waals surface area contributed by atoms with E-state index in [9.17, 15) is 19.8 Å². The van der Waals surface area contributed by atoms with Gasteiger partial charge in [0, 0.05) is 38.9 Å². The number of hydrogen-bond acceptors (Lipinski definition) is 9. The summed E-state index contributed by atoms with van der Waals surface area (Å²) >= 11 is 0. The molecule has 0 aliphatic heterocycles. The van der Waals surface area contributed by atoms with Gasteiger partial charge in [-0.25, -0.2) is 0 Å². The van der Waals surface area contributed by atoms with Crippen molar-refractivity contribution in [1.29, 1.82) is 0 Å². The lowest BCUT2D eigenvalue weighted by Gasteiger charge is -2.50. The number of esters is 2. The Morgan fingerprint density at radius 1 is 0.492 bits per heavy atom. The fourth-order valence-corrected chi connectivity index (χ4v) is 4.66. The molecule has 2 N–H and O–H groups in total. The molecule has 0 heterocycles. The van der Waals surface area contributed by atoms with Gasteiger partial charge in [0.25, 0.3) is 0 Å². The zero-order valence-electron chi connectivity index (χ0n) is 38.3. The van der Waals surface area contributed by atoms with Crippen LogP contribution in [-0.4, -0.2) is 85.2 Å². The van der Waals surface area contributed by atoms with Crippen LogP contribution in [-0.2, 0) is 33.3 Å². The number of aliphatic hydroxyl groups is 2. The molecule has 9 heteroatoms. The predicted octanol–water partition coefficient (Wildman–Crippen LogP) is 13.0. The van der Waals surface area contributed by atoms with Crippen molar-refractivity contribution in [2.75, 3.05) is 40.6 Å². The van der Waals surface area contributed by atoms with Crippen LogP contribution in [0, 0.1) is 83.9 Å². The molecule has 0 aliphatic rings. The summed E-state index contributed by atoms with van der Waals surface area (Å²) < 4.78 is 25.2. The molecule has 0 aromatic heterocycles. The molecule has 380 valence electrons. The number of terminal acetylenes is 4. The molecule has 0 aromatic rings. The molecule has 0 fully saturated rings. The van der Waals surface area contributed by atoms with Gasteiger partial charge in [0.1, 0.15) is 11.2 Å². The second-order valence-corrected chi connectivity index (χ2v) is 13.9. The Hall–Kier alpha value is -3.90. The average molecular weight is 903 g/mol. The molecule has 0 rings (SSSR count). The summed E-state index contributed by atoms with van der Waals surface area (Å²) in [6.45, 7) is 34.4. The van der Waals surface area contributed by atoms with E-state index in [1.807, 2.05) is 55.4 Å². The lowest BCUT2D eigenvalue weighted by molar-refractivity contribution is -0.196. The van der Waals surface area contributed by atoms with Crippen LogP contribution in [0.2, 0.25) is 0 Å². The van der Waals surface area contributed by atoms with E-state index < -0.39 is 33.2 Å². The minimum Gasteiger partial charge on any atom is -0.459 e. The van der Waals surface area contributed by atoms with Crippen LogP contribution in [0.25, 0.3) is 0 Å². The van der Waals surface area contributed by atoms with Gasteiger partial charge in [-0.2, -0.15) is 0 Å². The number of ether oxygens (including phenoxy) is 5. The van der Waals surface area contributed by atoms with Crippen molar-refractivity contribution in [1.82, 2.24) is 0 Å². The molecule has 0 radical (unpaired) electrons. The highest BCUT2D eigenvalue weighted by molar-refractivity contribution is 5.67. The van der Waals surface area contributed by atoms with Crippen LogP contribution < -0.4 is 0 Å². The zero-order valence-corrected chi connectivity index (χ0v) is 38.3. The first-order valence-corrected chi connectivity index (χ1v) is 17.9. The maximum atomic E-state index is 11.0. The number of rotatable bonds is 14. The van der Waals surface area contributed by atoms with Gasteiger partial charge in [-0.1, -0.05) is 98.9 Å². The monoisotopic (exact) mass is 903 g/mol. The summed E-state index contributed by atoms with van der Waals surface area (Å²) in [5, 5.41) is 20.4. The maximum Gasteiger partial charge on any atom is 0.303 e. The third-order valence-electron chi connectivity index (χ3n) is 8.83. The van der Waals surface area contributed by atoms with E-state index in [4.69, 9.17) is 36.5 Å². The lowest BCUT2D eigenvalue weighted by Crippen LogP contribution is -2.56. The minimum absolute atomic E-state index is 0. The summed E-state index contributed by atoms with van der Waals surface area (Å²) in [6, 6.07) is 0. The van der Waals surface area contributed by atoms with E-state index in [0.29, 0.717) is 26.4 Å². The molecule has 0 saturated heterocycles. The van der Waals surface area contributed by atoms with Crippen LogP contribution in [0.5, 0.6) is 0 Å². The van der Waals surface area contributed by atoms with Gasteiger partial charge in [-0.3, -0.25) is 9.59 Å². The number of methoxy groups -OCH3 is 2. The Bertz CT molecular complexity index is 1180. The molecular formula is C54H110O9. The molecule has 0 saturated carbocycles. The smallest absolute Gasteiger partial charge is 0.303 e. The average Bonchev–Trinajstić information content (AvgIpc) is 3.04. The summed E-state index contributed by atoms with van der Waals surface area (Å²) in [4.78, 5) is 22.1. The second-order valence-electron chi connectivity index (χ2n) is 13.9. The highest BCUT2D eigenvalue weighted by atomic mass is 16.6. The molecule has 63 heavy (non-hydrogen) atoms. The summed E-state index contributed by atoms with van der Waals surface area (Å²) in [6.07, 6.45) is 20.1. The molecule has 0 bridgehead atoms. The number of carbonyl (C=O) groups is 2. The minimum atomic E-state index is -0.902. The number of carbonyl (C=O) groups excluding carboxylic acids is 2. The van der Waals surface area contributed by atoms with Gasteiger partial charge in [-0.15, -0.1) is 37.5 Å². The fraction of sp³-hybridized carbons (Fsp3) is 0.741. The fourth-order valence-electron chi connectivity index (χ4n) is 4.66. The Morgan fingerprint density at radius 3 is 0.794 bits per heavy atom. The van der Waals surface area contributed by atoms with Crippen LogP contribution >= 0.6 is 0 Å². The van der Waals surface area contributed by atoms with Crippen LogP contribution in [0.4, 0.5) is 0 Å². The summed E-state index contributed by atoms with van der Waals surface area (Å²) in [7, 11) is 3.30. The van der Waals surface area contributed by atoms with Gasteiger partial charge in [0.2, 0.25) is 0 Å². The quantitative estimate of drug-likeness (QED) is 0.0997. The molecule has 0 spiro atoms. The topological polar surface area (TPSA) is 121 Å². The van der Waals surface area contributed by atoms with Crippen LogP contribution in [0.15, 0.2) is 0 Å². The van der Waals surface area contributed by atoms with Crippen molar-refractivity contribution < 1.29 is 43.5 Å². The highest BCUT2D eigenvalue weighted by Gasteiger charge is 2.52. The zero-order chi connectivity index (χ0) is 45.6. The van der Waals surface area contributed by atoms with Gasteiger partial charge >= 0.3 is 11.9 Å². The highest BCUT2D eigenvalue weighted by Crippen LogP contribution is 2.47. The Morgan fingerprint density at radius 2 is 0.698 bits per heavy atom. The lowest BCUT2D eigenvalue weighted by atomic mass is 9.63. The molecule has 2 unspecified atom stereocenters. The summed E-state index contributed by atoms with van der Waals surface area (Å²) in [5.41, 5.74) is -4.14. The van der Waals surface area contributed by atoms with Crippen molar-refractivity contribution in [3.8, 4) is 73.1 Å². The molecular weight excluding hydrogens is 793 g/mol. The van der Waals surface area contributed by atoms with Crippen molar-refractivity contribution in [2.45, 2.75) is 219 Å². The first-order valence-electron chi connectivity index (χ1n) is 17.9. The Balaban J connectivity index is -0.0000000346. The normalized spacial score (nSPS) is 10.3. The molecule has 0 aromatic carbocycles. The van der Waals surface area contributed by atoms with E-state index in [0.717, 1.165) is 12.8 Å². The van der Waals surface area contributed by atoms with Gasteiger partial charge in [0.15, 0.2) is 0 Å².